The Kier molecular flexibility index (Phi) is 2.65. The number of para-hydroxylation sites is 1. The molecule has 0 radical (unpaired) electrons. The van der Waals surface area contributed by atoms with Gasteiger partial charge in [-0.1, -0.05) is 18.2 Å². The van der Waals surface area contributed by atoms with Gasteiger partial charge in [-0.2, -0.15) is 5.10 Å². The first-order valence-corrected chi connectivity index (χ1v) is 4.90. The summed E-state index contributed by atoms with van der Waals surface area (Å²) in [6.45, 7) is 0. The first-order chi connectivity index (χ1) is 7.76. The van der Waals surface area contributed by atoms with Gasteiger partial charge in [-0.3, -0.25) is 4.68 Å². The van der Waals surface area contributed by atoms with Gasteiger partial charge < -0.3 is 4.74 Å². The maximum atomic E-state index is 5.43. The highest BCUT2D eigenvalue weighted by molar-refractivity contribution is 5.74. The molecule has 80 valence electrons. The quantitative estimate of drug-likeness (QED) is 0.713. The third-order valence-corrected chi connectivity index (χ3v) is 2.36. The second kappa shape index (κ2) is 4.11. The lowest BCUT2D eigenvalue weighted by Gasteiger charge is -2.05. The molecule has 0 saturated carbocycles. The van der Waals surface area contributed by atoms with E-state index in [-0.39, 0.29) is 0 Å². The molecule has 16 heavy (non-hydrogen) atoms. The molecule has 0 aliphatic carbocycles. The van der Waals surface area contributed by atoms with E-state index in [1.807, 2.05) is 37.5 Å². The topological polar surface area (TPSA) is 27.1 Å². The molecule has 2 rings (SSSR count). The zero-order chi connectivity index (χ0) is 11.5. The maximum Gasteiger partial charge on any atom is 0.142 e. The molecule has 1 aromatic heterocycles. The molecular weight excluding hydrogens is 200 g/mol. The maximum absolute atomic E-state index is 5.43. The van der Waals surface area contributed by atoms with E-state index >= 15 is 0 Å². The average molecular weight is 212 g/mol. The lowest BCUT2D eigenvalue weighted by atomic mass is 10.1. The van der Waals surface area contributed by atoms with E-state index in [1.54, 1.807) is 11.8 Å². The predicted molar refractivity (Wildman–Crippen MR) is 63.1 cm³/mol. The molecule has 0 aliphatic rings. The number of benzene rings is 1. The van der Waals surface area contributed by atoms with Crippen LogP contribution in [0.1, 0.15) is 5.69 Å². The van der Waals surface area contributed by atoms with Crippen LogP contribution in [0.4, 0.5) is 0 Å². The number of rotatable bonds is 2. The number of hydrogen-bond acceptors (Lipinski definition) is 2. The fourth-order valence-electron chi connectivity index (χ4n) is 1.66. The van der Waals surface area contributed by atoms with Crippen LogP contribution in [0.3, 0.4) is 0 Å². The summed E-state index contributed by atoms with van der Waals surface area (Å²) < 4.78 is 7.01. The summed E-state index contributed by atoms with van der Waals surface area (Å²) in [6.07, 6.45) is 7.32. The molecule has 0 fully saturated rings. The summed E-state index contributed by atoms with van der Waals surface area (Å²) in [5, 5.41) is 4.21. The molecule has 1 aromatic carbocycles. The van der Waals surface area contributed by atoms with Crippen molar-refractivity contribution in [3.05, 3.63) is 36.2 Å². The minimum atomic E-state index is 0.631. The third kappa shape index (κ3) is 1.66. The van der Waals surface area contributed by atoms with E-state index in [2.05, 4.69) is 11.0 Å². The van der Waals surface area contributed by atoms with Crippen LogP contribution < -0.4 is 4.74 Å². The number of aromatic nitrogens is 2. The SMILES string of the molecule is C#Cc1nn(C)cc1-c1ccccc1OC. The van der Waals surface area contributed by atoms with Gasteiger partial charge in [-0.25, -0.2) is 0 Å². The summed E-state index contributed by atoms with van der Waals surface area (Å²) in [7, 11) is 3.49. The van der Waals surface area contributed by atoms with Crippen molar-refractivity contribution in [3.8, 4) is 29.2 Å². The van der Waals surface area contributed by atoms with Crippen molar-refractivity contribution in [2.45, 2.75) is 0 Å². The Morgan fingerprint density at radius 1 is 1.31 bits per heavy atom. The number of methoxy groups -OCH3 is 1. The van der Waals surface area contributed by atoms with Gasteiger partial charge in [0.2, 0.25) is 0 Å². The van der Waals surface area contributed by atoms with Gasteiger partial charge in [0, 0.05) is 24.4 Å². The molecule has 2 aromatic rings. The van der Waals surface area contributed by atoms with Crippen molar-refractivity contribution in [2.24, 2.45) is 7.05 Å². The van der Waals surface area contributed by atoms with E-state index in [1.165, 1.54) is 0 Å². The molecule has 0 bridgehead atoms. The van der Waals surface area contributed by atoms with Crippen LogP contribution in [0.25, 0.3) is 11.1 Å². The summed E-state index contributed by atoms with van der Waals surface area (Å²) in [5.41, 5.74) is 2.51. The largest absolute Gasteiger partial charge is 0.496 e. The van der Waals surface area contributed by atoms with Crippen LogP contribution in [-0.4, -0.2) is 16.9 Å². The van der Waals surface area contributed by atoms with E-state index in [0.717, 1.165) is 16.9 Å². The number of terminal acetylenes is 1. The normalized spacial score (nSPS) is 9.81. The minimum absolute atomic E-state index is 0.631. The van der Waals surface area contributed by atoms with Gasteiger partial charge in [-0.15, -0.1) is 6.42 Å². The van der Waals surface area contributed by atoms with Crippen molar-refractivity contribution >= 4 is 0 Å². The highest BCUT2D eigenvalue weighted by Crippen LogP contribution is 2.31. The lowest BCUT2D eigenvalue weighted by Crippen LogP contribution is -1.88. The third-order valence-electron chi connectivity index (χ3n) is 2.36. The van der Waals surface area contributed by atoms with Gasteiger partial charge in [0.05, 0.1) is 7.11 Å². The Morgan fingerprint density at radius 3 is 2.75 bits per heavy atom. The van der Waals surface area contributed by atoms with E-state index in [4.69, 9.17) is 11.2 Å². The standard InChI is InChI=1S/C13H12N2O/c1-4-12-11(9-15(2)14-12)10-7-5-6-8-13(10)16-3/h1,5-9H,2-3H3. The highest BCUT2D eigenvalue weighted by Gasteiger charge is 2.11. The van der Waals surface area contributed by atoms with Crippen LogP contribution in [0, 0.1) is 12.3 Å². The van der Waals surface area contributed by atoms with E-state index in [0.29, 0.717) is 5.69 Å². The summed E-state index contributed by atoms with van der Waals surface area (Å²) in [4.78, 5) is 0. The lowest BCUT2D eigenvalue weighted by molar-refractivity contribution is 0.416. The molecule has 0 spiro atoms. The monoisotopic (exact) mass is 212 g/mol. The van der Waals surface area contributed by atoms with E-state index < -0.39 is 0 Å². The van der Waals surface area contributed by atoms with Crippen molar-refractivity contribution < 1.29 is 4.74 Å². The van der Waals surface area contributed by atoms with Gasteiger partial charge in [-0.05, 0) is 12.0 Å². The van der Waals surface area contributed by atoms with Crippen LogP contribution in [0.2, 0.25) is 0 Å². The average Bonchev–Trinajstić information content (AvgIpc) is 2.70. The first-order valence-electron chi connectivity index (χ1n) is 4.90. The molecule has 0 unspecified atom stereocenters. The van der Waals surface area contributed by atoms with Crippen molar-refractivity contribution in [3.63, 3.8) is 0 Å². The Labute approximate surface area is 94.7 Å². The Bertz CT molecular complexity index is 549. The molecule has 1 heterocycles. The van der Waals surface area contributed by atoms with Crippen molar-refractivity contribution in [2.75, 3.05) is 7.11 Å². The van der Waals surface area contributed by atoms with Crippen LogP contribution in [0.15, 0.2) is 30.5 Å². The summed E-state index contributed by atoms with van der Waals surface area (Å²) in [6, 6.07) is 7.75. The molecule has 3 nitrogen and oxygen atoms in total. The summed E-state index contributed by atoms with van der Waals surface area (Å²) in [5.74, 6) is 3.38. The Hall–Kier alpha value is -2.21. The minimum Gasteiger partial charge on any atom is -0.496 e. The van der Waals surface area contributed by atoms with Gasteiger partial charge >= 0.3 is 0 Å². The fraction of sp³-hybridized carbons (Fsp3) is 0.154. The molecule has 0 atom stereocenters. The molecule has 0 N–H and O–H groups in total. The van der Waals surface area contributed by atoms with E-state index in [9.17, 15) is 0 Å². The number of ether oxygens (including phenoxy) is 1. The fourth-order valence-corrected chi connectivity index (χ4v) is 1.66. The van der Waals surface area contributed by atoms with Crippen LogP contribution >= 0.6 is 0 Å². The van der Waals surface area contributed by atoms with Gasteiger partial charge in [0.25, 0.3) is 0 Å². The van der Waals surface area contributed by atoms with Crippen molar-refractivity contribution in [1.29, 1.82) is 0 Å². The molecule has 0 aliphatic heterocycles. The molecule has 3 heteroatoms. The predicted octanol–water partition coefficient (Wildman–Crippen LogP) is 2.08. The summed E-state index contributed by atoms with van der Waals surface area (Å²) >= 11 is 0. The highest BCUT2D eigenvalue weighted by atomic mass is 16.5. The Morgan fingerprint density at radius 2 is 2.06 bits per heavy atom. The number of aryl methyl sites for hydroxylation is 1. The molecule has 0 saturated heterocycles. The van der Waals surface area contributed by atoms with Crippen molar-refractivity contribution in [1.82, 2.24) is 9.78 Å². The number of hydrogen-bond donors (Lipinski definition) is 0. The zero-order valence-electron chi connectivity index (χ0n) is 9.27. The zero-order valence-corrected chi connectivity index (χ0v) is 9.27. The second-order valence-corrected chi connectivity index (χ2v) is 3.41. The Balaban J connectivity index is 2.63. The smallest absolute Gasteiger partial charge is 0.142 e. The molecular formula is C13H12N2O. The van der Waals surface area contributed by atoms with Gasteiger partial charge in [0.15, 0.2) is 0 Å². The van der Waals surface area contributed by atoms with Crippen LogP contribution in [0.5, 0.6) is 5.75 Å². The second-order valence-electron chi connectivity index (χ2n) is 3.41. The first kappa shape index (κ1) is 10.3. The van der Waals surface area contributed by atoms with Crippen LogP contribution in [-0.2, 0) is 7.05 Å². The van der Waals surface area contributed by atoms with Gasteiger partial charge in [0.1, 0.15) is 11.4 Å². The number of nitrogens with zero attached hydrogens (tertiary/aromatic N) is 2. The molecule has 0 amide bonds.